The fourth-order valence-electron chi connectivity index (χ4n) is 2.30. The van der Waals surface area contributed by atoms with Gasteiger partial charge in [-0.3, -0.25) is 9.69 Å². The van der Waals surface area contributed by atoms with Crippen LogP contribution in [0.5, 0.6) is 0 Å². The van der Waals surface area contributed by atoms with Crippen LogP contribution in [-0.4, -0.2) is 49.1 Å². The molecule has 1 fully saturated rings. The zero-order valence-electron chi connectivity index (χ0n) is 11.6. The molecule has 2 N–H and O–H groups in total. The normalized spacial score (nSPS) is 22.1. The smallest absolute Gasteiger partial charge is 0.237 e. The summed E-state index contributed by atoms with van der Waals surface area (Å²) in [6.07, 6.45) is 3.15. The molecule has 0 aromatic rings. The molecule has 0 aliphatic carbocycles. The third-order valence-corrected chi connectivity index (χ3v) is 3.93. The Hall–Kier alpha value is -0.610. The maximum atomic E-state index is 12.1. The van der Waals surface area contributed by atoms with Crippen molar-refractivity contribution in [3.63, 3.8) is 0 Å². The molecule has 4 heteroatoms. The van der Waals surface area contributed by atoms with Crippen LogP contribution in [-0.2, 0) is 4.79 Å². The molecule has 0 radical (unpaired) electrons. The van der Waals surface area contributed by atoms with Crippen LogP contribution < -0.4 is 10.6 Å². The molecule has 17 heavy (non-hydrogen) atoms. The predicted molar refractivity (Wildman–Crippen MR) is 71.0 cm³/mol. The van der Waals surface area contributed by atoms with Gasteiger partial charge < -0.3 is 10.6 Å². The first-order valence-corrected chi connectivity index (χ1v) is 6.83. The highest BCUT2D eigenvalue weighted by atomic mass is 16.2. The number of nitrogens with zero attached hydrogens (tertiary/aromatic N) is 1. The standard InChI is InChI=1S/C13H27N3O/c1-5-11(6-2)15-13(17)10(3)16(4)12-7-8-14-9-12/h10-12,14H,5-9H2,1-4H3,(H,15,17). The molecule has 0 spiro atoms. The second-order valence-electron chi connectivity index (χ2n) is 5.01. The lowest BCUT2D eigenvalue weighted by Gasteiger charge is -2.30. The molecule has 2 unspecified atom stereocenters. The Kier molecular flexibility index (Phi) is 5.92. The van der Waals surface area contributed by atoms with Crippen molar-refractivity contribution in [3.8, 4) is 0 Å². The maximum absolute atomic E-state index is 12.1. The van der Waals surface area contributed by atoms with Crippen molar-refractivity contribution in [2.24, 2.45) is 0 Å². The Morgan fingerprint density at radius 2 is 2.12 bits per heavy atom. The van der Waals surface area contributed by atoms with Crippen LogP contribution in [0.25, 0.3) is 0 Å². The van der Waals surface area contributed by atoms with E-state index in [2.05, 4.69) is 36.4 Å². The number of hydrogen-bond donors (Lipinski definition) is 2. The van der Waals surface area contributed by atoms with Gasteiger partial charge in [0.25, 0.3) is 0 Å². The summed E-state index contributed by atoms with van der Waals surface area (Å²) in [6, 6.07) is 0.776. The molecule has 1 heterocycles. The maximum Gasteiger partial charge on any atom is 0.237 e. The van der Waals surface area contributed by atoms with E-state index in [0.717, 1.165) is 32.4 Å². The summed E-state index contributed by atoms with van der Waals surface area (Å²) < 4.78 is 0. The average Bonchev–Trinajstić information content (AvgIpc) is 2.87. The molecule has 1 saturated heterocycles. The zero-order valence-corrected chi connectivity index (χ0v) is 11.6. The van der Waals surface area contributed by atoms with E-state index in [9.17, 15) is 4.79 Å². The molecular weight excluding hydrogens is 214 g/mol. The summed E-state index contributed by atoms with van der Waals surface area (Å²) in [4.78, 5) is 14.3. The van der Waals surface area contributed by atoms with Crippen molar-refractivity contribution in [2.75, 3.05) is 20.1 Å². The number of carbonyl (C=O) groups is 1. The number of rotatable bonds is 6. The van der Waals surface area contributed by atoms with Gasteiger partial charge in [-0.15, -0.1) is 0 Å². The van der Waals surface area contributed by atoms with Gasteiger partial charge >= 0.3 is 0 Å². The topological polar surface area (TPSA) is 44.4 Å². The van der Waals surface area contributed by atoms with Gasteiger partial charge in [0.2, 0.25) is 5.91 Å². The van der Waals surface area contributed by atoms with Gasteiger partial charge in [-0.1, -0.05) is 13.8 Å². The highest BCUT2D eigenvalue weighted by molar-refractivity contribution is 5.81. The minimum atomic E-state index is -0.0412. The molecule has 100 valence electrons. The van der Waals surface area contributed by atoms with Crippen LogP contribution in [0.1, 0.15) is 40.0 Å². The first-order chi connectivity index (χ1) is 8.10. The quantitative estimate of drug-likeness (QED) is 0.728. The fraction of sp³-hybridized carbons (Fsp3) is 0.923. The minimum Gasteiger partial charge on any atom is -0.352 e. The van der Waals surface area contributed by atoms with Crippen LogP contribution in [0, 0.1) is 0 Å². The summed E-state index contributed by atoms with van der Waals surface area (Å²) >= 11 is 0. The Morgan fingerprint density at radius 1 is 1.47 bits per heavy atom. The highest BCUT2D eigenvalue weighted by Crippen LogP contribution is 2.10. The first-order valence-electron chi connectivity index (χ1n) is 6.83. The van der Waals surface area contributed by atoms with Gasteiger partial charge in [-0.05, 0) is 39.8 Å². The number of nitrogens with one attached hydrogen (secondary N) is 2. The minimum absolute atomic E-state index is 0.0412. The van der Waals surface area contributed by atoms with Crippen LogP contribution >= 0.6 is 0 Å². The average molecular weight is 241 g/mol. The second kappa shape index (κ2) is 6.97. The number of hydrogen-bond acceptors (Lipinski definition) is 3. The lowest BCUT2D eigenvalue weighted by molar-refractivity contribution is -0.126. The lowest BCUT2D eigenvalue weighted by atomic mass is 10.1. The molecule has 0 aromatic heterocycles. The highest BCUT2D eigenvalue weighted by Gasteiger charge is 2.27. The second-order valence-corrected chi connectivity index (χ2v) is 5.01. The van der Waals surface area contributed by atoms with Crippen LogP contribution in [0.3, 0.4) is 0 Å². The van der Waals surface area contributed by atoms with Crippen LogP contribution in [0.2, 0.25) is 0 Å². The summed E-state index contributed by atoms with van der Waals surface area (Å²) in [6.45, 7) is 8.29. The first kappa shape index (κ1) is 14.5. The van der Waals surface area contributed by atoms with Crippen LogP contribution in [0.4, 0.5) is 0 Å². The molecule has 2 atom stereocenters. The van der Waals surface area contributed by atoms with Crippen molar-refractivity contribution in [3.05, 3.63) is 0 Å². The van der Waals surface area contributed by atoms with E-state index in [1.54, 1.807) is 0 Å². The fourth-order valence-corrected chi connectivity index (χ4v) is 2.30. The van der Waals surface area contributed by atoms with Crippen molar-refractivity contribution in [2.45, 2.75) is 58.2 Å². The Bertz CT molecular complexity index is 235. The van der Waals surface area contributed by atoms with Gasteiger partial charge in [0, 0.05) is 18.6 Å². The summed E-state index contributed by atoms with van der Waals surface area (Å²) in [5, 5.41) is 6.46. The van der Waals surface area contributed by atoms with Crippen molar-refractivity contribution in [1.82, 2.24) is 15.5 Å². The van der Waals surface area contributed by atoms with E-state index < -0.39 is 0 Å². The third kappa shape index (κ3) is 3.96. The summed E-state index contributed by atoms with van der Waals surface area (Å²) in [5.41, 5.74) is 0. The number of carbonyl (C=O) groups excluding carboxylic acids is 1. The number of amides is 1. The molecular formula is C13H27N3O. The zero-order chi connectivity index (χ0) is 12.8. The Labute approximate surface area is 105 Å². The molecule has 0 bridgehead atoms. The van der Waals surface area contributed by atoms with E-state index in [1.807, 2.05) is 6.92 Å². The van der Waals surface area contributed by atoms with Crippen LogP contribution in [0.15, 0.2) is 0 Å². The largest absolute Gasteiger partial charge is 0.352 e. The summed E-state index contributed by atoms with van der Waals surface area (Å²) in [7, 11) is 2.05. The van der Waals surface area contributed by atoms with Gasteiger partial charge in [0.1, 0.15) is 0 Å². The van der Waals surface area contributed by atoms with Crippen molar-refractivity contribution < 1.29 is 4.79 Å². The Morgan fingerprint density at radius 3 is 2.59 bits per heavy atom. The van der Waals surface area contributed by atoms with Crippen molar-refractivity contribution >= 4 is 5.91 Å². The van der Waals surface area contributed by atoms with E-state index in [-0.39, 0.29) is 11.9 Å². The monoisotopic (exact) mass is 241 g/mol. The Balaban J connectivity index is 2.44. The number of likely N-dealkylation sites (N-methyl/N-ethyl adjacent to an activating group) is 1. The molecule has 1 rings (SSSR count). The van der Waals surface area contributed by atoms with Gasteiger partial charge in [0.15, 0.2) is 0 Å². The predicted octanol–water partition coefficient (Wildman–Crippen LogP) is 0.973. The summed E-state index contributed by atoms with van der Waals surface area (Å²) in [5.74, 6) is 0.160. The van der Waals surface area contributed by atoms with Crippen molar-refractivity contribution in [1.29, 1.82) is 0 Å². The van der Waals surface area contributed by atoms with Gasteiger partial charge in [-0.25, -0.2) is 0 Å². The van der Waals surface area contributed by atoms with Gasteiger partial charge in [0.05, 0.1) is 6.04 Å². The van der Waals surface area contributed by atoms with E-state index in [4.69, 9.17) is 0 Å². The van der Waals surface area contributed by atoms with E-state index in [1.165, 1.54) is 0 Å². The molecule has 4 nitrogen and oxygen atoms in total. The third-order valence-electron chi connectivity index (χ3n) is 3.93. The lowest BCUT2D eigenvalue weighted by Crippen LogP contribution is -2.50. The molecule has 1 aliphatic heterocycles. The van der Waals surface area contributed by atoms with E-state index in [0.29, 0.717) is 12.1 Å². The molecule has 1 amide bonds. The van der Waals surface area contributed by atoms with E-state index >= 15 is 0 Å². The van der Waals surface area contributed by atoms with Gasteiger partial charge in [-0.2, -0.15) is 0 Å². The molecule has 1 aliphatic rings. The molecule has 0 saturated carbocycles. The SMILES string of the molecule is CCC(CC)NC(=O)C(C)N(C)C1CCNC1. The molecule has 0 aromatic carbocycles.